The van der Waals surface area contributed by atoms with Crippen molar-refractivity contribution in [2.24, 2.45) is 0 Å². The second-order valence-corrected chi connectivity index (χ2v) is 6.24. The Labute approximate surface area is 124 Å². The second-order valence-electron chi connectivity index (χ2n) is 6.24. The van der Waals surface area contributed by atoms with E-state index in [2.05, 4.69) is 20.2 Å². The molecule has 0 saturated carbocycles. The van der Waals surface area contributed by atoms with Crippen LogP contribution in [0, 0.1) is 0 Å². The maximum absolute atomic E-state index is 11.5. The van der Waals surface area contributed by atoms with Gasteiger partial charge < -0.3 is 10.4 Å². The van der Waals surface area contributed by atoms with E-state index in [1.807, 2.05) is 13.8 Å². The van der Waals surface area contributed by atoms with E-state index in [9.17, 15) is 9.90 Å². The quantitative estimate of drug-likeness (QED) is 0.882. The highest BCUT2D eigenvalue weighted by Crippen LogP contribution is 2.30. The molecule has 2 fully saturated rings. The Hall–Kier alpha value is -1.69. The van der Waals surface area contributed by atoms with E-state index in [0.29, 0.717) is 23.6 Å². The number of nitrogens with one attached hydrogen (secondary N) is 1. The third-order valence-electron chi connectivity index (χ3n) is 4.47. The lowest BCUT2D eigenvalue weighted by Crippen LogP contribution is -2.34. The number of aromatic nitrogens is 2. The van der Waals surface area contributed by atoms with E-state index in [4.69, 9.17) is 0 Å². The Morgan fingerprint density at radius 2 is 2.24 bits per heavy atom. The average Bonchev–Trinajstić information content (AvgIpc) is 3.03. The summed E-state index contributed by atoms with van der Waals surface area (Å²) in [6, 6.07) is 0.829. The zero-order valence-corrected chi connectivity index (χ0v) is 12.5. The molecule has 2 N–H and O–H groups in total. The summed E-state index contributed by atoms with van der Waals surface area (Å²) in [5.41, 5.74) is 0.635. The van der Waals surface area contributed by atoms with Crippen LogP contribution in [-0.4, -0.2) is 51.1 Å². The van der Waals surface area contributed by atoms with Crippen LogP contribution in [-0.2, 0) is 0 Å². The largest absolute Gasteiger partial charge is 0.476 e. The van der Waals surface area contributed by atoms with Crippen LogP contribution in [0.15, 0.2) is 6.20 Å². The molecule has 0 bridgehead atoms. The van der Waals surface area contributed by atoms with Gasteiger partial charge in [0.25, 0.3) is 0 Å². The van der Waals surface area contributed by atoms with Gasteiger partial charge in [-0.15, -0.1) is 0 Å². The summed E-state index contributed by atoms with van der Waals surface area (Å²) in [7, 11) is 0. The lowest BCUT2D eigenvalue weighted by atomic mass is 10.1. The van der Waals surface area contributed by atoms with E-state index in [1.165, 1.54) is 12.8 Å². The summed E-state index contributed by atoms with van der Waals surface area (Å²) in [5.74, 6) is -0.302. The van der Waals surface area contributed by atoms with E-state index in [0.717, 1.165) is 19.5 Å². The first-order chi connectivity index (χ1) is 10.1. The van der Waals surface area contributed by atoms with E-state index < -0.39 is 5.97 Å². The molecule has 2 atom stereocenters. The van der Waals surface area contributed by atoms with E-state index >= 15 is 0 Å². The molecule has 1 aromatic heterocycles. The molecule has 2 aliphatic rings. The fourth-order valence-electron chi connectivity index (χ4n) is 3.39. The van der Waals surface area contributed by atoms with E-state index in [-0.39, 0.29) is 11.6 Å². The predicted molar refractivity (Wildman–Crippen MR) is 79.7 cm³/mol. The molecule has 6 nitrogen and oxygen atoms in total. The van der Waals surface area contributed by atoms with Crippen molar-refractivity contribution < 1.29 is 9.90 Å². The van der Waals surface area contributed by atoms with Gasteiger partial charge in [-0.2, -0.15) is 0 Å². The molecule has 3 heterocycles. The predicted octanol–water partition coefficient (Wildman–Crippen LogP) is 1.95. The molecular weight excluding hydrogens is 268 g/mol. The fraction of sp³-hybridized carbons (Fsp3) is 0.667. The summed E-state index contributed by atoms with van der Waals surface area (Å²) in [6.45, 7) is 6.18. The van der Waals surface area contributed by atoms with Gasteiger partial charge in [0, 0.05) is 24.5 Å². The number of hydrogen-bond acceptors (Lipinski definition) is 5. The number of carboxylic acids is 1. The van der Waals surface area contributed by atoms with Crippen LogP contribution in [0.1, 0.15) is 55.3 Å². The molecular formula is C15H22N4O2. The summed E-state index contributed by atoms with van der Waals surface area (Å²) >= 11 is 0. The van der Waals surface area contributed by atoms with Gasteiger partial charge in [-0.25, -0.2) is 14.8 Å². The van der Waals surface area contributed by atoms with Gasteiger partial charge in [-0.05, 0) is 25.8 Å². The number of rotatable bonds is 4. The maximum atomic E-state index is 11.5. The Kier molecular flexibility index (Phi) is 3.80. The number of nitrogens with zero attached hydrogens (tertiary/aromatic N) is 3. The van der Waals surface area contributed by atoms with Crippen LogP contribution in [0.5, 0.6) is 0 Å². The molecule has 0 amide bonds. The van der Waals surface area contributed by atoms with Crippen LogP contribution in [0.25, 0.3) is 0 Å². The molecule has 21 heavy (non-hydrogen) atoms. The number of hydrogen-bond donors (Lipinski definition) is 2. The first kappa shape index (κ1) is 14.3. The zero-order valence-electron chi connectivity index (χ0n) is 12.5. The Balaban J connectivity index is 1.83. The number of carboxylic acid groups (broad SMARTS) is 1. The summed E-state index contributed by atoms with van der Waals surface area (Å²) < 4.78 is 0. The summed E-state index contributed by atoms with van der Waals surface area (Å²) in [4.78, 5) is 22.5. The molecule has 2 aliphatic heterocycles. The molecule has 114 valence electrons. The highest BCUT2D eigenvalue weighted by atomic mass is 16.4. The molecule has 0 spiro atoms. The highest BCUT2D eigenvalue weighted by Gasteiger charge is 2.37. The Morgan fingerprint density at radius 1 is 1.43 bits per heavy atom. The zero-order chi connectivity index (χ0) is 15.0. The van der Waals surface area contributed by atoms with Gasteiger partial charge in [-0.1, -0.05) is 13.8 Å². The number of fused-ring (bicyclic) bond motifs is 1. The molecule has 1 aromatic rings. The lowest BCUT2D eigenvalue weighted by molar-refractivity contribution is 0.0691. The molecule has 6 heteroatoms. The van der Waals surface area contributed by atoms with Crippen molar-refractivity contribution in [3.8, 4) is 0 Å². The minimum absolute atomic E-state index is 0.0881. The molecule has 0 aromatic carbocycles. The molecule has 0 aliphatic carbocycles. The van der Waals surface area contributed by atoms with Gasteiger partial charge in [0.2, 0.25) is 0 Å². The minimum Gasteiger partial charge on any atom is -0.476 e. The molecule has 3 rings (SSSR count). The number of aromatic carboxylic acids is 1. The number of carbonyl (C=O) groups is 1. The summed E-state index contributed by atoms with van der Waals surface area (Å²) in [6.07, 6.45) is 5.10. The molecule has 2 unspecified atom stereocenters. The Bertz CT molecular complexity index is 546. The van der Waals surface area contributed by atoms with E-state index in [1.54, 1.807) is 6.20 Å². The monoisotopic (exact) mass is 290 g/mol. The van der Waals surface area contributed by atoms with Crippen LogP contribution in [0.3, 0.4) is 0 Å². The molecule has 0 radical (unpaired) electrons. The topological polar surface area (TPSA) is 78.4 Å². The van der Waals surface area contributed by atoms with Gasteiger partial charge in [-0.3, -0.25) is 4.90 Å². The lowest BCUT2D eigenvalue weighted by Gasteiger charge is -2.22. The highest BCUT2D eigenvalue weighted by molar-refractivity contribution is 5.91. The normalized spacial score (nSPS) is 25.3. The number of anilines is 1. The van der Waals surface area contributed by atoms with Crippen molar-refractivity contribution in [1.82, 2.24) is 14.9 Å². The first-order valence-corrected chi connectivity index (χ1v) is 7.67. The maximum Gasteiger partial charge on any atom is 0.356 e. The minimum atomic E-state index is -0.997. The SMILES string of the molecule is CC(C)c1ncc(NC2CCN3CCCC23)c(C(=O)O)n1. The fourth-order valence-corrected chi connectivity index (χ4v) is 3.39. The first-order valence-electron chi connectivity index (χ1n) is 7.67. The van der Waals surface area contributed by atoms with Crippen molar-refractivity contribution in [3.63, 3.8) is 0 Å². The standard InChI is InChI=1S/C15H22N4O2/c1-9(2)14-16-8-11(13(18-14)15(20)21)17-10-5-7-19-6-3-4-12(10)19/h8-10,12,17H,3-7H2,1-2H3,(H,20,21). The van der Waals surface area contributed by atoms with Crippen LogP contribution < -0.4 is 5.32 Å². The van der Waals surface area contributed by atoms with Crippen LogP contribution >= 0.6 is 0 Å². The van der Waals surface area contributed by atoms with Gasteiger partial charge in [0.05, 0.1) is 11.9 Å². The average molecular weight is 290 g/mol. The van der Waals surface area contributed by atoms with Gasteiger partial charge in [0.1, 0.15) is 5.82 Å². The smallest absolute Gasteiger partial charge is 0.356 e. The van der Waals surface area contributed by atoms with Crippen molar-refractivity contribution >= 4 is 11.7 Å². The second kappa shape index (κ2) is 5.60. The third-order valence-corrected chi connectivity index (χ3v) is 4.47. The van der Waals surface area contributed by atoms with Crippen molar-refractivity contribution in [2.75, 3.05) is 18.4 Å². The summed E-state index contributed by atoms with van der Waals surface area (Å²) in [5, 5.41) is 12.8. The Morgan fingerprint density at radius 3 is 2.95 bits per heavy atom. The van der Waals surface area contributed by atoms with Gasteiger partial charge >= 0.3 is 5.97 Å². The third kappa shape index (κ3) is 2.72. The van der Waals surface area contributed by atoms with Crippen molar-refractivity contribution in [3.05, 3.63) is 17.7 Å². The van der Waals surface area contributed by atoms with Gasteiger partial charge in [0.15, 0.2) is 5.69 Å². The van der Waals surface area contributed by atoms with Crippen molar-refractivity contribution in [2.45, 2.75) is 51.1 Å². The van der Waals surface area contributed by atoms with Crippen LogP contribution in [0.4, 0.5) is 5.69 Å². The molecule has 2 saturated heterocycles. The van der Waals surface area contributed by atoms with Crippen LogP contribution in [0.2, 0.25) is 0 Å². The van der Waals surface area contributed by atoms with Crippen molar-refractivity contribution in [1.29, 1.82) is 0 Å².